The molecule has 1 radical (unpaired) electrons. The Morgan fingerprint density at radius 3 is 2.12 bits per heavy atom. The van der Waals surface area contributed by atoms with Crippen molar-refractivity contribution in [2.24, 2.45) is 10.8 Å². The number of aromatic nitrogens is 1. The van der Waals surface area contributed by atoms with Crippen molar-refractivity contribution in [3.8, 4) is 22.8 Å². The van der Waals surface area contributed by atoms with E-state index in [-0.39, 0.29) is 47.9 Å². The topological polar surface area (TPSA) is 59.4 Å². The van der Waals surface area contributed by atoms with Gasteiger partial charge in [0.25, 0.3) is 0 Å². The first-order valence-corrected chi connectivity index (χ1v) is 15.3. The summed E-state index contributed by atoms with van der Waals surface area (Å²) >= 11 is 0. The molecule has 0 bridgehead atoms. The number of allylic oxidation sites excluding steroid dienone is 2. The van der Waals surface area contributed by atoms with Crippen LogP contribution in [0.15, 0.2) is 66.6 Å². The Labute approximate surface area is 271 Å². The summed E-state index contributed by atoms with van der Waals surface area (Å²) in [6, 6.07) is 20.2. The SMILES string of the molecule is CC(C)(C)c1ccc2c3c(nccc13)-c1[c-]c3ccccc3cc1O2.CCC(C)(CC)C(=O)/C=C(\O)C(C)(CC)CC.[Ir]. The van der Waals surface area contributed by atoms with Crippen LogP contribution in [0.25, 0.3) is 32.8 Å². The molecule has 1 aromatic heterocycles. The zero-order valence-electron chi connectivity index (χ0n) is 27.1. The predicted octanol–water partition coefficient (Wildman–Crippen LogP) is 10.9. The molecule has 0 fully saturated rings. The molecule has 0 saturated heterocycles. The van der Waals surface area contributed by atoms with Crippen LogP contribution in [0.1, 0.15) is 93.6 Å². The van der Waals surface area contributed by atoms with E-state index >= 15 is 0 Å². The van der Waals surface area contributed by atoms with Crippen molar-refractivity contribution in [2.75, 3.05) is 0 Å². The molecule has 0 unspecified atom stereocenters. The van der Waals surface area contributed by atoms with E-state index in [0.717, 1.165) is 64.6 Å². The number of aliphatic hydroxyl groups is 1. The third-order valence-electron chi connectivity index (χ3n) is 9.51. The molecular weight excluding hydrogens is 711 g/mol. The first-order valence-electron chi connectivity index (χ1n) is 15.3. The van der Waals surface area contributed by atoms with Crippen LogP contribution in [0.5, 0.6) is 11.5 Å². The average molecular weight is 757 g/mol. The quantitative estimate of drug-likeness (QED) is 0.102. The molecule has 0 atom stereocenters. The van der Waals surface area contributed by atoms with Crippen LogP contribution in [0.3, 0.4) is 0 Å². The monoisotopic (exact) mass is 757 g/mol. The summed E-state index contributed by atoms with van der Waals surface area (Å²) in [5.41, 5.74) is 2.68. The van der Waals surface area contributed by atoms with Gasteiger partial charge in [0.05, 0.1) is 5.75 Å². The number of benzene rings is 3. The van der Waals surface area contributed by atoms with Gasteiger partial charge in [-0.15, -0.1) is 17.5 Å². The Balaban J connectivity index is 0.000000250. The number of ether oxygens (including phenoxy) is 1. The number of hydrogen-bond donors (Lipinski definition) is 1. The van der Waals surface area contributed by atoms with E-state index < -0.39 is 0 Å². The minimum Gasteiger partial charge on any atom is -0.512 e. The van der Waals surface area contributed by atoms with Crippen molar-refractivity contribution in [3.63, 3.8) is 0 Å². The molecule has 5 rings (SSSR count). The molecule has 1 aliphatic rings. The van der Waals surface area contributed by atoms with Gasteiger partial charge in [-0.2, -0.15) is 0 Å². The van der Waals surface area contributed by atoms with E-state index in [1.165, 1.54) is 17.0 Å². The number of aliphatic hydroxyl groups excluding tert-OH is 1. The second-order valence-electron chi connectivity index (χ2n) is 13.1. The van der Waals surface area contributed by atoms with Gasteiger partial charge >= 0.3 is 0 Å². The third-order valence-corrected chi connectivity index (χ3v) is 9.51. The normalized spacial score (nSPS) is 13.0. The van der Waals surface area contributed by atoms with Crippen LogP contribution in [0.4, 0.5) is 0 Å². The number of ketones is 1. The van der Waals surface area contributed by atoms with Crippen molar-refractivity contribution in [1.82, 2.24) is 4.98 Å². The Kier molecular flexibility index (Phi) is 10.7. The van der Waals surface area contributed by atoms with Crippen LogP contribution in [0.2, 0.25) is 0 Å². The molecule has 4 nitrogen and oxygen atoms in total. The van der Waals surface area contributed by atoms with Crippen LogP contribution in [-0.2, 0) is 30.3 Å². The van der Waals surface area contributed by atoms with E-state index in [2.05, 4.69) is 63.2 Å². The molecule has 0 amide bonds. The molecular formula is C38H46IrNO3-. The maximum absolute atomic E-state index is 12.2. The average Bonchev–Trinajstić information content (AvgIpc) is 2.99. The molecule has 1 N–H and O–H groups in total. The molecule has 0 saturated carbocycles. The maximum atomic E-state index is 12.2. The number of hydrogen-bond acceptors (Lipinski definition) is 4. The summed E-state index contributed by atoms with van der Waals surface area (Å²) in [5.74, 6) is 1.99. The van der Waals surface area contributed by atoms with Gasteiger partial charge in [0.2, 0.25) is 0 Å². The van der Waals surface area contributed by atoms with Crippen molar-refractivity contribution in [2.45, 2.75) is 93.4 Å². The summed E-state index contributed by atoms with van der Waals surface area (Å²) in [6.07, 6.45) is 6.65. The van der Waals surface area contributed by atoms with Gasteiger partial charge in [-0.1, -0.05) is 104 Å². The van der Waals surface area contributed by atoms with Crippen molar-refractivity contribution < 1.29 is 34.7 Å². The Bertz CT molecular complexity index is 1640. The summed E-state index contributed by atoms with van der Waals surface area (Å²) in [5, 5.41) is 14.6. The maximum Gasteiger partial charge on any atom is 0.164 e. The zero-order chi connectivity index (χ0) is 30.9. The van der Waals surface area contributed by atoms with Gasteiger partial charge in [0.1, 0.15) is 11.5 Å². The molecule has 2 heterocycles. The minimum atomic E-state index is -0.337. The predicted molar refractivity (Wildman–Crippen MR) is 175 cm³/mol. The van der Waals surface area contributed by atoms with Gasteiger partial charge in [-0.3, -0.25) is 9.78 Å². The fourth-order valence-corrected chi connectivity index (χ4v) is 5.40. The van der Waals surface area contributed by atoms with Crippen molar-refractivity contribution >= 4 is 27.3 Å². The van der Waals surface area contributed by atoms with E-state index in [4.69, 9.17) is 9.72 Å². The van der Waals surface area contributed by atoms with Crippen LogP contribution >= 0.6 is 0 Å². The van der Waals surface area contributed by atoms with E-state index in [0.29, 0.717) is 0 Å². The van der Waals surface area contributed by atoms with Gasteiger partial charge in [0.15, 0.2) is 5.78 Å². The molecule has 0 aliphatic carbocycles. The van der Waals surface area contributed by atoms with Crippen LogP contribution in [0, 0.1) is 16.9 Å². The van der Waals surface area contributed by atoms with E-state index in [9.17, 15) is 9.90 Å². The Hall–Kier alpha value is -3.01. The summed E-state index contributed by atoms with van der Waals surface area (Å²) in [6.45, 7) is 18.8. The first kappa shape index (κ1) is 34.5. The minimum absolute atomic E-state index is 0. The summed E-state index contributed by atoms with van der Waals surface area (Å²) in [7, 11) is 0. The molecule has 3 aromatic carbocycles. The molecule has 0 spiro atoms. The second-order valence-corrected chi connectivity index (χ2v) is 13.1. The zero-order valence-corrected chi connectivity index (χ0v) is 29.5. The first-order chi connectivity index (χ1) is 19.8. The molecule has 43 heavy (non-hydrogen) atoms. The smallest absolute Gasteiger partial charge is 0.164 e. The second kappa shape index (κ2) is 13.3. The van der Waals surface area contributed by atoms with Crippen LogP contribution < -0.4 is 4.74 Å². The number of carbonyl (C=O) groups excluding carboxylic acids is 1. The van der Waals surface area contributed by atoms with Gasteiger partial charge in [-0.25, -0.2) is 0 Å². The van der Waals surface area contributed by atoms with Crippen LogP contribution in [-0.4, -0.2) is 15.9 Å². The van der Waals surface area contributed by atoms with Gasteiger partial charge < -0.3 is 9.84 Å². The Morgan fingerprint density at radius 1 is 0.884 bits per heavy atom. The molecule has 5 heteroatoms. The number of carbonyl (C=O) groups is 1. The fourth-order valence-electron chi connectivity index (χ4n) is 5.40. The number of nitrogens with zero attached hydrogens (tertiary/aromatic N) is 1. The summed E-state index contributed by atoms with van der Waals surface area (Å²) < 4.78 is 6.25. The number of pyridine rings is 1. The third kappa shape index (κ3) is 6.74. The summed E-state index contributed by atoms with van der Waals surface area (Å²) in [4.78, 5) is 16.9. The van der Waals surface area contributed by atoms with Crippen molar-refractivity contribution in [3.05, 3.63) is 78.2 Å². The molecule has 1 aliphatic heterocycles. The van der Waals surface area contributed by atoms with E-state index in [1.54, 1.807) is 0 Å². The number of rotatable bonds is 7. The largest absolute Gasteiger partial charge is 0.512 e. The molecule has 231 valence electrons. The van der Waals surface area contributed by atoms with E-state index in [1.807, 2.05) is 59.9 Å². The van der Waals surface area contributed by atoms with Crippen molar-refractivity contribution in [1.29, 1.82) is 0 Å². The molecule has 4 aromatic rings. The number of fused-ring (bicyclic) bond motifs is 3. The standard InChI is InChI=1S/C23H18NO.C15H28O2.Ir/c1-23(2,3)18-8-9-19-21-16(18)10-11-24-22(21)17-12-14-6-4-5-7-15(14)13-20(17)25-19;1-7-14(5,8-2)12(16)11-13(17)15(6,9-3)10-4;/h4-11,13H,1-3H3;11,16H,7-10H2,1-6H3;/q-1;;/b;12-11-;. The van der Waals surface area contributed by atoms with Gasteiger partial charge in [-0.05, 0) is 54.2 Å². The van der Waals surface area contributed by atoms with Gasteiger partial charge in [0, 0.05) is 54.3 Å². The fraction of sp³-hybridized carbons (Fsp3) is 0.421. The Morgan fingerprint density at radius 2 is 1.51 bits per heavy atom.